The van der Waals surface area contributed by atoms with Crippen molar-refractivity contribution in [3.8, 4) is 0 Å². The van der Waals surface area contributed by atoms with Gasteiger partial charge in [-0.3, -0.25) is 0 Å². The first-order valence-electron chi connectivity index (χ1n) is 6.71. The van der Waals surface area contributed by atoms with Crippen LogP contribution in [0.1, 0.15) is 27.7 Å². The van der Waals surface area contributed by atoms with Gasteiger partial charge in [0, 0.05) is 0 Å². The second-order valence-electron chi connectivity index (χ2n) is 3.81. The molecular formula is C13H23BrN2O2Se2. The quantitative estimate of drug-likeness (QED) is 0.379. The van der Waals surface area contributed by atoms with Crippen molar-refractivity contribution in [1.82, 2.24) is 9.80 Å². The second kappa shape index (κ2) is 11.8. The van der Waals surface area contributed by atoms with E-state index in [1.807, 2.05) is 42.5 Å². The molecule has 0 heterocycles. The van der Waals surface area contributed by atoms with Crippen LogP contribution in [0.4, 0.5) is 9.59 Å². The third-order valence-corrected chi connectivity index (χ3v) is 8.70. The summed E-state index contributed by atoms with van der Waals surface area (Å²) in [5.41, 5.74) is 0. The number of nitrogens with zero attached hydrogens (tertiary/aromatic N) is 2. The standard InChI is InChI=1S/C13H23BrN2O2Se2/c1-5-15(6-2)12(17)19-10-11(9-14)20-13(18)16(7-3)8-4/h10H,5-9H2,1-4H3/b11-10+. The number of carbonyl (C=O) groups is 2. The molecule has 0 spiro atoms. The molecule has 0 aliphatic heterocycles. The number of hydrogen-bond acceptors (Lipinski definition) is 2. The van der Waals surface area contributed by atoms with Crippen molar-refractivity contribution in [2.45, 2.75) is 27.7 Å². The van der Waals surface area contributed by atoms with Crippen molar-refractivity contribution in [3.63, 3.8) is 0 Å². The maximum atomic E-state index is 12.1. The van der Waals surface area contributed by atoms with Gasteiger partial charge < -0.3 is 0 Å². The molecule has 0 saturated carbocycles. The third-order valence-electron chi connectivity index (χ3n) is 2.68. The molecule has 0 fully saturated rings. The Hall–Kier alpha value is 0.199. The second-order valence-corrected chi connectivity index (χ2v) is 8.36. The van der Waals surface area contributed by atoms with Gasteiger partial charge >= 0.3 is 143 Å². The Morgan fingerprint density at radius 1 is 0.950 bits per heavy atom. The van der Waals surface area contributed by atoms with Crippen LogP contribution in [0.2, 0.25) is 0 Å². The maximum absolute atomic E-state index is 12.1. The zero-order chi connectivity index (χ0) is 15.5. The van der Waals surface area contributed by atoms with E-state index in [9.17, 15) is 9.59 Å². The number of amides is 2. The van der Waals surface area contributed by atoms with Crippen LogP contribution in [-0.2, 0) is 0 Å². The number of alkyl halides is 1. The number of carbonyl (C=O) groups excluding carboxylic acids is 2. The molecule has 2 amide bonds. The summed E-state index contributed by atoms with van der Waals surface area (Å²) in [7, 11) is 0. The van der Waals surface area contributed by atoms with E-state index >= 15 is 0 Å². The molecule has 0 radical (unpaired) electrons. The molecule has 0 aliphatic carbocycles. The van der Waals surface area contributed by atoms with E-state index in [0.717, 1.165) is 30.7 Å². The molecule has 116 valence electrons. The van der Waals surface area contributed by atoms with Crippen molar-refractivity contribution < 1.29 is 9.59 Å². The van der Waals surface area contributed by atoms with Crippen LogP contribution in [0.3, 0.4) is 0 Å². The summed E-state index contributed by atoms with van der Waals surface area (Å²) in [6, 6.07) is 0. The zero-order valence-electron chi connectivity index (χ0n) is 12.5. The van der Waals surface area contributed by atoms with Gasteiger partial charge in [-0.2, -0.15) is 0 Å². The van der Waals surface area contributed by atoms with Crippen molar-refractivity contribution in [3.05, 3.63) is 9.45 Å². The summed E-state index contributed by atoms with van der Waals surface area (Å²) < 4.78 is 1.06. The fourth-order valence-electron chi connectivity index (χ4n) is 1.41. The number of halogens is 1. The van der Waals surface area contributed by atoms with Crippen molar-refractivity contribution in [2.24, 2.45) is 0 Å². The summed E-state index contributed by atoms with van der Waals surface area (Å²) in [4.78, 5) is 30.1. The number of hydrogen-bond donors (Lipinski definition) is 0. The number of rotatable bonds is 9. The molecule has 0 N–H and O–H groups in total. The predicted octanol–water partition coefficient (Wildman–Crippen LogP) is 2.55. The number of allylic oxidation sites excluding steroid dienone is 1. The van der Waals surface area contributed by atoms with Crippen LogP contribution in [0.5, 0.6) is 0 Å². The molecule has 0 atom stereocenters. The monoisotopic (exact) mass is 478 g/mol. The normalized spacial score (nSPS) is 11.3. The molecule has 0 aromatic carbocycles. The van der Waals surface area contributed by atoms with E-state index in [0.29, 0.717) is 5.33 Å². The Labute approximate surface area is 143 Å². The van der Waals surface area contributed by atoms with Gasteiger partial charge in [0.15, 0.2) is 0 Å². The summed E-state index contributed by atoms with van der Waals surface area (Å²) in [6.07, 6.45) is 0. The molecule has 0 aromatic heterocycles. The van der Waals surface area contributed by atoms with E-state index in [1.165, 1.54) is 0 Å². The Kier molecular flexibility index (Phi) is 11.9. The third kappa shape index (κ3) is 7.28. The molecule has 20 heavy (non-hydrogen) atoms. The van der Waals surface area contributed by atoms with Gasteiger partial charge in [-0.25, -0.2) is 0 Å². The van der Waals surface area contributed by atoms with Gasteiger partial charge in [-0.15, -0.1) is 0 Å². The first-order chi connectivity index (χ1) is 9.53. The molecule has 0 aliphatic rings. The Morgan fingerprint density at radius 2 is 1.40 bits per heavy atom. The minimum atomic E-state index is -0.208. The average molecular weight is 477 g/mol. The van der Waals surface area contributed by atoms with E-state index in [2.05, 4.69) is 15.9 Å². The van der Waals surface area contributed by atoms with E-state index in [4.69, 9.17) is 0 Å². The Balaban J connectivity index is 4.56. The molecule has 0 bridgehead atoms. The van der Waals surface area contributed by atoms with Gasteiger partial charge in [0.05, 0.1) is 0 Å². The first-order valence-corrected chi connectivity index (χ1v) is 11.4. The van der Waals surface area contributed by atoms with Gasteiger partial charge in [0.1, 0.15) is 0 Å². The van der Waals surface area contributed by atoms with Gasteiger partial charge in [-0.1, -0.05) is 0 Å². The topological polar surface area (TPSA) is 40.6 Å². The first kappa shape index (κ1) is 20.2. The van der Waals surface area contributed by atoms with Crippen LogP contribution in [-0.4, -0.2) is 80.8 Å². The molecule has 0 saturated heterocycles. The van der Waals surface area contributed by atoms with Crippen LogP contribution in [0, 0.1) is 0 Å². The molecule has 0 unspecified atom stereocenters. The molecule has 4 nitrogen and oxygen atoms in total. The van der Waals surface area contributed by atoms with E-state index in [-0.39, 0.29) is 39.5 Å². The minimum absolute atomic E-state index is 0.187. The fourth-order valence-corrected chi connectivity index (χ4v) is 6.72. The molecular weight excluding hydrogens is 454 g/mol. The summed E-state index contributed by atoms with van der Waals surface area (Å²) in [5, 5.41) is 0.674. The Morgan fingerprint density at radius 3 is 1.80 bits per heavy atom. The van der Waals surface area contributed by atoms with E-state index < -0.39 is 0 Å². The predicted molar refractivity (Wildman–Crippen MR) is 90.0 cm³/mol. The van der Waals surface area contributed by atoms with Crippen molar-refractivity contribution in [1.29, 1.82) is 0 Å². The Bertz CT molecular complexity index is 343. The van der Waals surface area contributed by atoms with Gasteiger partial charge in [0.2, 0.25) is 0 Å². The van der Waals surface area contributed by atoms with Crippen LogP contribution < -0.4 is 0 Å². The van der Waals surface area contributed by atoms with E-state index in [1.54, 1.807) is 0 Å². The summed E-state index contributed by atoms with van der Waals surface area (Å²) in [5.74, 6) is 0. The van der Waals surface area contributed by atoms with Crippen LogP contribution >= 0.6 is 15.9 Å². The summed E-state index contributed by atoms with van der Waals surface area (Å²) in [6.45, 7) is 10.9. The van der Waals surface area contributed by atoms with Gasteiger partial charge in [-0.05, 0) is 0 Å². The fraction of sp³-hybridized carbons (Fsp3) is 0.692. The molecule has 0 aromatic rings. The van der Waals surface area contributed by atoms with Crippen molar-refractivity contribution in [2.75, 3.05) is 31.5 Å². The summed E-state index contributed by atoms with van der Waals surface area (Å²) >= 11 is 3.00. The SMILES string of the molecule is CCN(CC)C(=O)[Se]/C=C(\CBr)[Se]C(=O)N(CC)CC. The van der Waals surface area contributed by atoms with Crippen LogP contribution in [0.15, 0.2) is 9.45 Å². The zero-order valence-corrected chi connectivity index (χ0v) is 17.5. The van der Waals surface area contributed by atoms with Crippen LogP contribution in [0.25, 0.3) is 0 Å². The van der Waals surface area contributed by atoms with Gasteiger partial charge in [0.25, 0.3) is 0 Å². The molecule has 7 heteroatoms. The average Bonchev–Trinajstić information content (AvgIpc) is 2.45. The van der Waals surface area contributed by atoms with Crippen molar-refractivity contribution >= 4 is 55.5 Å². The molecule has 0 rings (SSSR count).